The van der Waals surface area contributed by atoms with Crippen LogP contribution in [0.1, 0.15) is 29.6 Å². The molecule has 0 aromatic heterocycles. The van der Waals surface area contributed by atoms with Crippen LogP contribution in [0.5, 0.6) is 0 Å². The van der Waals surface area contributed by atoms with Gasteiger partial charge in [0.2, 0.25) is 0 Å². The fourth-order valence-corrected chi connectivity index (χ4v) is 2.57. The van der Waals surface area contributed by atoms with Crippen molar-refractivity contribution in [2.45, 2.75) is 18.4 Å². The molecule has 0 fully saturated rings. The normalized spacial score (nSPS) is 27.8. The maximum atomic E-state index is 10.1. The molecule has 0 saturated carbocycles. The standard InChI is InChI=1S/C13H13NO/c14-8-5-6-10-9-3-1-2-4-11(9)13(15)12(10)7-8/h1-5,7,10,13,15H,6,14H2. The van der Waals surface area contributed by atoms with Gasteiger partial charge in [-0.15, -0.1) is 0 Å². The van der Waals surface area contributed by atoms with Gasteiger partial charge < -0.3 is 10.8 Å². The van der Waals surface area contributed by atoms with E-state index < -0.39 is 6.10 Å². The molecule has 0 amide bonds. The highest BCUT2D eigenvalue weighted by atomic mass is 16.3. The van der Waals surface area contributed by atoms with Gasteiger partial charge in [-0.3, -0.25) is 0 Å². The largest absolute Gasteiger partial charge is 0.399 e. The summed E-state index contributed by atoms with van der Waals surface area (Å²) in [6.45, 7) is 0. The third-order valence-electron chi connectivity index (χ3n) is 3.31. The maximum absolute atomic E-state index is 10.1. The van der Waals surface area contributed by atoms with Crippen LogP contribution in [0, 0.1) is 0 Å². The van der Waals surface area contributed by atoms with Crippen LogP contribution in [0.3, 0.4) is 0 Å². The molecular formula is C13H13NO. The number of rotatable bonds is 0. The van der Waals surface area contributed by atoms with Gasteiger partial charge in [0, 0.05) is 11.6 Å². The van der Waals surface area contributed by atoms with Gasteiger partial charge in [-0.1, -0.05) is 30.3 Å². The zero-order valence-corrected chi connectivity index (χ0v) is 8.35. The van der Waals surface area contributed by atoms with Crippen LogP contribution in [0.2, 0.25) is 0 Å². The summed E-state index contributed by atoms with van der Waals surface area (Å²) in [4.78, 5) is 0. The minimum absolute atomic E-state index is 0.337. The van der Waals surface area contributed by atoms with Crippen molar-refractivity contribution in [3.8, 4) is 0 Å². The van der Waals surface area contributed by atoms with Gasteiger partial charge in [0.25, 0.3) is 0 Å². The van der Waals surface area contributed by atoms with Crippen LogP contribution in [0.25, 0.3) is 0 Å². The van der Waals surface area contributed by atoms with Gasteiger partial charge in [0.15, 0.2) is 0 Å². The zero-order valence-electron chi connectivity index (χ0n) is 8.35. The Balaban J connectivity index is 2.16. The van der Waals surface area contributed by atoms with Gasteiger partial charge in [-0.25, -0.2) is 0 Å². The zero-order chi connectivity index (χ0) is 10.4. The summed E-state index contributed by atoms with van der Waals surface area (Å²) < 4.78 is 0. The van der Waals surface area contributed by atoms with Crippen molar-refractivity contribution in [1.29, 1.82) is 0 Å². The lowest BCUT2D eigenvalue weighted by Gasteiger charge is -2.17. The van der Waals surface area contributed by atoms with E-state index in [9.17, 15) is 5.11 Å². The summed E-state index contributed by atoms with van der Waals surface area (Å²) in [5.74, 6) is 0.337. The molecule has 0 bridgehead atoms. The SMILES string of the molecule is NC1=CCC2C(=C1)C(O)c1ccccc12. The van der Waals surface area contributed by atoms with Crippen molar-refractivity contribution in [2.75, 3.05) is 0 Å². The summed E-state index contributed by atoms with van der Waals surface area (Å²) in [7, 11) is 0. The molecule has 0 spiro atoms. The highest BCUT2D eigenvalue weighted by Gasteiger charge is 2.34. The lowest BCUT2D eigenvalue weighted by atomic mass is 9.89. The van der Waals surface area contributed by atoms with Gasteiger partial charge in [-0.05, 0) is 29.2 Å². The summed E-state index contributed by atoms with van der Waals surface area (Å²) >= 11 is 0. The lowest BCUT2D eigenvalue weighted by molar-refractivity contribution is 0.218. The Labute approximate surface area is 88.7 Å². The second-order valence-electron chi connectivity index (χ2n) is 4.17. The third kappa shape index (κ3) is 1.15. The maximum Gasteiger partial charge on any atom is 0.101 e. The van der Waals surface area contributed by atoms with Crippen molar-refractivity contribution in [3.05, 3.63) is 58.8 Å². The van der Waals surface area contributed by atoms with Crippen molar-refractivity contribution >= 4 is 0 Å². The second kappa shape index (κ2) is 2.97. The molecule has 2 nitrogen and oxygen atoms in total. The predicted molar refractivity (Wildman–Crippen MR) is 59.1 cm³/mol. The second-order valence-corrected chi connectivity index (χ2v) is 4.17. The molecule has 2 unspecified atom stereocenters. The third-order valence-corrected chi connectivity index (χ3v) is 3.31. The lowest BCUT2D eigenvalue weighted by Crippen LogP contribution is -2.07. The Bertz CT molecular complexity index is 473. The summed E-state index contributed by atoms with van der Waals surface area (Å²) in [5.41, 5.74) is 9.87. The van der Waals surface area contributed by atoms with Crippen molar-refractivity contribution in [3.63, 3.8) is 0 Å². The molecule has 15 heavy (non-hydrogen) atoms. The summed E-state index contributed by atoms with van der Waals surface area (Å²) in [6.07, 6.45) is 4.39. The van der Waals surface area contributed by atoms with E-state index in [1.807, 2.05) is 30.4 Å². The number of aliphatic hydroxyl groups excluding tert-OH is 1. The monoisotopic (exact) mass is 199 g/mol. The number of nitrogens with two attached hydrogens (primary N) is 1. The first-order chi connectivity index (χ1) is 7.27. The van der Waals surface area contributed by atoms with Crippen LogP contribution in [-0.2, 0) is 0 Å². The van der Waals surface area contributed by atoms with E-state index in [-0.39, 0.29) is 0 Å². The quantitative estimate of drug-likeness (QED) is 0.671. The van der Waals surface area contributed by atoms with Gasteiger partial charge in [-0.2, -0.15) is 0 Å². The molecule has 3 rings (SSSR count). The highest BCUT2D eigenvalue weighted by Crippen LogP contribution is 2.48. The Morgan fingerprint density at radius 3 is 2.73 bits per heavy atom. The Morgan fingerprint density at radius 2 is 1.93 bits per heavy atom. The van der Waals surface area contributed by atoms with E-state index in [4.69, 9.17) is 5.73 Å². The molecule has 2 aliphatic carbocycles. The Kier molecular flexibility index (Phi) is 1.73. The van der Waals surface area contributed by atoms with E-state index in [0.717, 1.165) is 23.3 Å². The summed E-state index contributed by atoms with van der Waals surface area (Å²) in [5, 5.41) is 10.1. The average molecular weight is 199 g/mol. The molecule has 0 radical (unpaired) electrons. The molecule has 1 aromatic rings. The number of benzene rings is 1. The molecule has 1 aromatic carbocycles. The van der Waals surface area contributed by atoms with Crippen LogP contribution in [-0.4, -0.2) is 5.11 Å². The van der Waals surface area contributed by atoms with E-state index in [1.165, 1.54) is 5.56 Å². The first-order valence-electron chi connectivity index (χ1n) is 5.21. The first-order valence-corrected chi connectivity index (χ1v) is 5.21. The van der Waals surface area contributed by atoms with Crippen LogP contribution >= 0.6 is 0 Å². The molecule has 0 heterocycles. The smallest absolute Gasteiger partial charge is 0.101 e. The minimum atomic E-state index is -0.460. The molecule has 76 valence electrons. The van der Waals surface area contributed by atoms with Gasteiger partial charge >= 0.3 is 0 Å². The fourth-order valence-electron chi connectivity index (χ4n) is 2.57. The molecule has 2 aliphatic rings. The van der Waals surface area contributed by atoms with Crippen LogP contribution < -0.4 is 5.73 Å². The van der Waals surface area contributed by atoms with Crippen LogP contribution in [0.15, 0.2) is 47.7 Å². The van der Waals surface area contributed by atoms with E-state index in [0.29, 0.717) is 5.92 Å². The Morgan fingerprint density at radius 1 is 1.20 bits per heavy atom. The topological polar surface area (TPSA) is 46.2 Å². The number of hydrogen-bond acceptors (Lipinski definition) is 2. The number of aliphatic hydroxyl groups is 1. The highest BCUT2D eigenvalue weighted by molar-refractivity contribution is 5.52. The van der Waals surface area contributed by atoms with Crippen molar-refractivity contribution in [1.82, 2.24) is 0 Å². The summed E-state index contributed by atoms with van der Waals surface area (Å²) in [6, 6.07) is 8.08. The molecule has 0 saturated heterocycles. The molecule has 2 heteroatoms. The number of allylic oxidation sites excluding steroid dienone is 2. The van der Waals surface area contributed by atoms with Crippen molar-refractivity contribution in [2.24, 2.45) is 5.73 Å². The molecule has 3 N–H and O–H groups in total. The number of hydrogen-bond donors (Lipinski definition) is 2. The van der Waals surface area contributed by atoms with Gasteiger partial charge in [0.1, 0.15) is 6.10 Å². The van der Waals surface area contributed by atoms with E-state index >= 15 is 0 Å². The minimum Gasteiger partial charge on any atom is -0.399 e. The van der Waals surface area contributed by atoms with E-state index in [1.54, 1.807) is 0 Å². The first kappa shape index (κ1) is 8.74. The average Bonchev–Trinajstić information content (AvgIpc) is 2.54. The number of fused-ring (bicyclic) bond motifs is 3. The van der Waals surface area contributed by atoms with Crippen LogP contribution in [0.4, 0.5) is 0 Å². The van der Waals surface area contributed by atoms with E-state index in [2.05, 4.69) is 6.07 Å². The predicted octanol–water partition coefficient (Wildman–Crippen LogP) is 1.99. The Hall–Kier alpha value is -1.54. The van der Waals surface area contributed by atoms with Crippen molar-refractivity contribution < 1.29 is 5.11 Å². The molecule has 0 aliphatic heterocycles. The molecule has 2 atom stereocenters. The molecular weight excluding hydrogens is 186 g/mol. The fraction of sp³-hybridized carbons (Fsp3) is 0.231. The van der Waals surface area contributed by atoms with Gasteiger partial charge in [0.05, 0.1) is 0 Å².